The number of hydrogen-bond donors (Lipinski definition) is 1. The molecule has 29 heavy (non-hydrogen) atoms. The molecule has 0 saturated carbocycles. The Bertz CT molecular complexity index is 749. The fourth-order valence-electron chi connectivity index (χ4n) is 3.73. The summed E-state index contributed by atoms with van der Waals surface area (Å²) in [5.41, 5.74) is 3.72. The lowest BCUT2D eigenvalue weighted by atomic mass is 10.1. The molecule has 1 heterocycles. The highest BCUT2D eigenvalue weighted by Gasteiger charge is 2.18. The second kappa shape index (κ2) is 11.0. The SMILES string of the molecule is CCc1ccc(O[C@H](CC)C(=O)NCc2ccc(CN3CCCCC3)cc2)cc1. The minimum Gasteiger partial charge on any atom is -0.481 e. The molecule has 1 N–H and O–H groups in total. The molecule has 156 valence electrons. The van der Waals surface area contributed by atoms with Gasteiger partial charge in [0.25, 0.3) is 5.91 Å². The summed E-state index contributed by atoms with van der Waals surface area (Å²) in [6.07, 6.45) is 5.15. The number of amides is 1. The van der Waals surface area contributed by atoms with Crippen molar-refractivity contribution in [3.8, 4) is 5.75 Å². The maximum atomic E-state index is 12.6. The lowest BCUT2D eigenvalue weighted by Crippen LogP contribution is -2.37. The van der Waals surface area contributed by atoms with Gasteiger partial charge in [-0.1, -0.05) is 56.7 Å². The van der Waals surface area contributed by atoms with Crippen LogP contribution in [-0.4, -0.2) is 30.0 Å². The fourth-order valence-corrected chi connectivity index (χ4v) is 3.73. The van der Waals surface area contributed by atoms with Crippen molar-refractivity contribution in [2.75, 3.05) is 13.1 Å². The van der Waals surface area contributed by atoms with Crippen LogP contribution in [0.1, 0.15) is 56.2 Å². The number of likely N-dealkylation sites (tertiary alicyclic amines) is 1. The van der Waals surface area contributed by atoms with Crippen LogP contribution in [0.4, 0.5) is 0 Å². The van der Waals surface area contributed by atoms with Crippen molar-refractivity contribution in [3.63, 3.8) is 0 Å². The number of carbonyl (C=O) groups excluding carboxylic acids is 1. The minimum atomic E-state index is -0.471. The predicted molar refractivity (Wildman–Crippen MR) is 118 cm³/mol. The van der Waals surface area contributed by atoms with Gasteiger partial charge in [-0.05, 0) is 67.6 Å². The molecule has 2 aromatic carbocycles. The average molecular weight is 395 g/mol. The molecule has 2 aromatic rings. The van der Waals surface area contributed by atoms with Gasteiger partial charge in [-0.3, -0.25) is 9.69 Å². The summed E-state index contributed by atoms with van der Waals surface area (Å²) >= 11 is 0. The van der Waals surface area contributed by atoms with Gasteiger partial charge in [0.15, 0.2) is 6.10 Å². The van der Waals surface area contributed by atoms with E-state index in [4.69, 9.17) is 4.74 Å². The van der Waals surface area contributed by atoms with Crippen molar-refractivity contribution in [3.05, 3.63) is 65.2 Å². The van der Waals surface area contributed by atoms with E-state index in [2.05, 4.69) is 41.4 Å². The van der Waals surface area contributed by atoms with Crippen LogP contribution in [0.2, 0.25) is 0 Å². The first-order chi connectivity index (χ1) is 14.2. The topological polar surface area (TPSA) is 41.6 Å². The van der Waals surface area contributed by atoms with Gasteiger partial charge in [0.1, 0.15) is 5.75 Å². The normalized spacial score (nSPS) is 15.7. The van der Waals surface area contributed by atoms with Crippen molar-refractivity contribution >= 4 is 5.91 Å². The van der Waals surface area contributed by atoms with Crippen LogP contribution in [0.25, 0.3) is 0 Å². The van der Waals surface area contributed by atoms with Gasteiger partial charge in [0, 0.05) is 13.1 Å². The number of piperidine rings is 1. The minimum absolute atomic E-state index is 0.0653. The van der Waals surface area contributed by atoms with Gasteiger partial charge in [-0.2, -0.15) is 0 Å². The standard InChI is InChI=1S/C25H34N2O2/c1-3-20-12-14-23(15-13-20)29-24(4-2)25(28)26-18-21-8-10-22(11-9-21)19-27-16-6-5-7-17-27/h8-15,24H,3-7,16-19H2,1-2H3,(H,26,28)/t24-/m1/s1. The predicted octanol–water partition coefficient (Wildman–Crippen LogP) is 4.71. The Morgan fingerprint density at radius 2 is 1.55 bits per heavy atom. The first-order valence-electron chi connectivity index (χ1n) is 11.0. The smallest absolute Gasteiger partial charge is 0.261 e. The summed E-state index contributed by atoms with van der Waals surface area (Å²) in [4.78, 5) is 15.1. The number of hydrogen-bond acceptors (Lipinski definition) is 3. The summed E-state index contributed by atoms with van der Waals surface area (Å²) in [5, 5.41) is 3.02. The average Bonchev–Trinajstić information content (AvgIpc) is 2.78. The zero-order valence-electron chi connectivity index (χ0n) is 17.8. The molecule has 0 bridgehead atoms. The van der Waals surface area contributed by atoms with Crippen molar-refractivity contribution in [1.82, 2.24) is 10.2 Å². The van der Waals surface area contributed by atoms with Gasteiger partial charge in [-0.25, -0.2) is 0 Å². The zero-order valence-corrected chi connectivity index (χ0v) is 17.8. The number of rotatable bonds is 9. The lowest BCUT2D eigenvalue weighted by molar-refractivity contribution is -0.128. The fraction of sp³-hybridized carbons (Fsp3) is 0.480. The maximum Gasteiger partial charge on any atom is 0.261 e. The van der Waals surface area contributed by atoms with E-state index in [-0.39, 0.29) is 5.91 Å². The molecule has 1 amide bonds. The van der Waals surface area contributed by atoms with Crippen molar-refractivity contribution < 1.29 is 9.53 Å². The number of nitrogens with zero attached hydrogens (tertiary/aromatic N) is 1. The second-order valence-electron chi connectivity index (χ2n) is 7.88. The number of aryl methyl sites for hydroxylation is 1. The van der Waals surface area contributed by atoms with E-state index >= 15 is 0 Å². The number of carbonyl (C=O) groups is 1. The summed E-state index contributed by atoms with van der Waals surface area (Å²) in [5.74, 6) is 0.677. The largest absolute Gasteiger partial charge is 0.481 e. The van der Waals surface area contributed by atoms with Gasteiger partial charge in [0.2, 0.25) is 0 Å². The molecule has 4 heteroatoms. The van der Waals surface area contributed by atoms with Crippen molar-refractivity contribution in [2.45, 2.75) is 65.1 Å². The van der Waals surface area contributed by atoms with E-state index in [9.17, 15) is 4.79 Å². The summed E-state index contributed by atoms with van der Waals surface area (Å²) in [6.45, 7) is 8.06. The molecule has 1 fully saturated rings. The van der Waals surface area contributed by atoms with Gasteiger partial charge in [-0.15, -0.1) is 0 Å². The third-order valence-electron chi connectivity index (χ3n) is 5.62. The molecular weight excluding hydrogens is 360 g/mol. The van der Waals surface area contributed by atoms with E-state index in [0.717, 1.165) is 24.3 Å². The number of nitrogens with one attached hydrogen (secondary N) is 1. The van der Waals surface area contributed by atoms with Crippen molar-refractivity contribution in [1.29, 1.82) is 0 Å². The summed E-state index contributed by atoms with van der Waals surface area (Å²) < 4.78 is 5.90. The third-order valence-corrected chi connectivity index (χ3v) is 5.62. The quantitative estimate of drug-likeness (QED) is 0.670. The molecule has 3 rings (SSSR count). The Hall–Kier alpha value is -2.33. The number of ether oxygens (including phenoxy) is 1. The maximum absolute atomic E-state index is 12.6. The second-order valence-corrected chi connectivity index (χ2v) is 7.88. The zero-order chi connectivity index (χ0) is 20.5. The van der Waals surface area contributed by atoms with Gasteiger partial charge < -0.3 is 10.1 Å². The first kappa shape index (κ1) is 21.4. The van der Waals surface area contributed by atoms with Crippen LogP contribution < -0.4 is 10.1 Å². The summed E-state index contributed by atoms with van der Waals surface area (Å²) in [6, 6.07) is 16.6. The van der Waals surface area contributed by atoms with Crippen LogP contribution in [0.15, 0.2) is 48.5 Å². The summed E-state index contributed by atoms with van der Waals surface area (Å²) in [7, 11) is 0. The highest BCUT2D eigenvalue weighted by atomic mass is 16.5. The van der Waals surface area contributed by atoms with E-state index in [1.165, 1.54) is 43.5 Å². The van der Waals surface area contributed by atoms with E-state index in [1.807, 2.05) is 31.2 Å². The molecule has 4 nitrogen and oxygen atoms in total. The van der Waals surface area contributed by atoms with Gasteiger partial charge >= 0.3 is 0 Å². The van der Waals surface area contributed by atoms with Crippen LogP contribution in [0.5, 0.6) is 5.75 Å². The molecule has 0 spiro atoms. The van der Waals surface area contributed by atoms with Gasteiger partial charge in [0.05, 0.1) is 0 Å². The Labute approximate surface area is 175 Å². The molecule has 0 aromatic heterocycles. The highest BCUT2D eigenvalue weighted by Crippen LogP contribution is 2.16. The molecule has 1 saturated heterocycles. The van der Waals surface area contributed by atoms with Crippen LogP contribution >= 0.6 is 0 Å². The van der Waals surface area contributed by atoms with Crippen LogP contribution in [-0.2, 0) is 24.3 Å². The number of benzene rings is 2. The monoisotopic (exact) mass is 394 g/mol. The Morgan fingerprint density at radius 3 is 2.17 bits per heavy atom. The third kappa shape index (κ3) is 6.60. The highest BCUT2D eigenvalue weighted by molar-refractivity contribution is 5.81. The van der Waals surface area contributed by atoms with E-state index in [0.29, 0.717) is 13.0 Å². The van der Waals surface area contributed by atoms with Crippen LogP contribution in [0.3, 0.4) is 0 Å². The molecule has 0 radical (unpaired) electrons. The Kier molecular flexibility index (Phi) is 8.12. The lowest BCUT2D eigenvalue weighted by Gasteiger charge is -2.26. The Morgan fingerprint density at radius 1 is 0.931 bits per heavy atom. The van der Waals surface area contributed by atoms with Crippen molar-refractivity contribution in [2.24, 2.45) is 0 Å². The molecular formula is C25H34N2O2. The first-order valence-corrected chi connectivity index (χ1v) is 11.0. The molecule has 1 aliphatic rings. The van der Waals surface area contributed by atoms with Crippen LogP contribution in [0, 0.1) is 0 Å². The molecule has 0 aliphatic carbocycles. The Balaban J connectivity index is 1.47. The molecule has 1 aliphatic heterocycles. The molecule has 0 unspecified atom stereocenters. The van der Waals surface area contributed by atoms with E-state index in [1.54, 1.807) is 0 Å². The van der Waals surface area contributed by atoms with E-state index < -0.39 is 6.10 Å². The molecule has 1 atom stereocenters.